The van der Waals surface area contributed by atoms with E-state index in [-0.39, 0.29) is 11.8 Å². The number of aryl methyl sites for hydroxylation is 2. The second kappa shape index (κ2) is 6.09. The van der Waals surface area contributed by atoms with Crippen molar-refractivity contribution in [1.82, 2.24) is 5.32 Å². The third-order valence-electron chi connectivity index (χ3n) is 4.07. The highest BCUT2D eigenvalue weighted by Gasteiger charge is 2.24. The van der Waals surface area contributed by atoms with Crippen molar-refractivity contribution in [2.75, 3.05) is 13.7 Å². The predicted molar refractivity (Wildman–Crippen MR) is 76.5 cm³/mol. The van der Waals surface area contributed by atoms with Crippen LogP contribution in [0.3, 0.4) is 0 Å². The van der Waals surface area contributed by atoms with Crippen LogP contribution in [0.2, 0.25) is 0 Å². The van der Waals surface area contributed by atoms with Gasteiger partial charge in [-0.15, -0.1) is 0 Å². The van der Waals surface area contributed by atoms with Crippen molar-refractivity contribution in [2.24, 2.45) is 5.92 Å². The molecule has 1 aliphatic carbocycles. The van der Waals surface area contributed by atoms with Crippen LogP contribution >= 0.6 is 0 Å². The molecule has 0 aliphatic heterocycles. The van der Waals surface area contributed by atoms with Crippen LogP contribution in [-0.4, -0.2) is 19.6 Å². The molecule has 1 aromatic rings. The van der Waals surface area contributed by atoms with Gasteiger partial charge in [-0.25, -0.2) is 0 Å². The molecule has 0 radical (unpaired) electrons. The molecule has 3 nitrogen and oxygen atoms in total. The standard InChI is InChI=1S/C16H23NO2/c1-11-9-14(15(19-3)10-12(11)2)7-8-17-16(18)13-5-4-6-13/h9-10,13H,4-8H2,1-3H3,(H,17,18). The normalized spacial score (nSPS) is 14.9. The summed E-state index contributed by atoms with van der Waals surface area (Å²) in [6.07, 6.45) is 4.13. The van der Waals surface area contributed by atoms with E-state index in [2.05, 4.69) is 31.3 Å². The molecule has 0 unspecified atom stereocenters. The lowest BCUT2D eigenvalue weighted by atomic mass is 9.85. The molecule has 19 heavy (non-hydrogen) atoms. The molecule has 0 spiro atoms. The van der Waals surface area contributed by atoms with Crippen LogP contribution in [0.25, 0.3) is 0 Å². The average molecular weight is 261 g/mol. The smallest absolute Gasteiger partial charge is 0.223 e. The van der Waals surface area contributed by atoms with Gasteiger partial charge in [-0.05, 0) is 55.9 Å². The Labute approximate surface area is 115 Å². The average Bonchev–Trinajstić information content (AvgIpc) is 2.31. The van der Waals surface area contributed by atoms with Gasteiger partial charge in [0.15, 0.2) is 0 Å². The highest BCUT2D eigenvalue weighted by atomic mass is 16.5. The van der Waals surface area contributed by atoms with Gasteiger partial charge in [0.2, 0.25) is 5.91 Å². The van der Waals surface area contributed by atoms with Crippen molar-refractivity contribution in [2.45, 2.75) is 39.5 Å². The summed E-state index contributed by atoms with van der Waals surface area (Å²) >= 11 is 0. The van der Waals surface area contributed by atoms with E-state index in [1.807, 2.05) is 0 Å². The van der Waals surface area contributed by atoms with Crippen molar-refractivity contribution in [1.29, 1.82) is 0 Å². The molecule has 3 heteroatoms. The first-order valence-corrected chi connectivity index (χ1v) is 7.03. The number of nitrogens with one attached hydrogen (secondary N) is 1. The Morgan fingerprint density at radius 1 is 1.32 bits per heavy atom. The molecule has 1 amide bonds. The Morgan fingerprint density at radius 2 is 2.00 bits per heavy atom. The topological polar surface area (TPSA) is 38.3 Å². The summed E-state index contributed by atoms with van der Waals surface area (Å²) in [4.78, 5) is 11.7. The van der Waals surface area contributed by atoms with Crippen LogP contribution in [0.4, 0.5) is 0 Å². The van der Waals surface area contributed by atoms with Crippen LogP contribution in [-0.2, 0) is 11.2 Å². The molecule has 1 aliphatic rings. The molecule has 1 aromatic carbocycles. The van der Waals surface area contributed by atoms with E-state index < -0.39 is 0 Å². The largest absolute Gasteiger partial charge is 0.496 e. The van der Waals surface area contributed by atoms with Crippen LogP contribution < -0.4 is 10.1 Å². The molecule has 0 atom stereocenters. The summed E-state index contributed by atoms with van der Waals surface area (Å²) in [7, 11) is 1.69. The van der Waals surface area contributed by atoms with Gasteiger partial charge >= 0.3 is 0 Å². The van der Waals surface area contributed by atoms with Crippen molar-refractivity contribution in [3.63, 3.8) is 0 Å². The summed E-state index contributed by atoms with van der Waals surface area (Å²) in [5, 5.41) is 3.02. The van der Waals surface area contributed by atoms with Crippen molar-refractivity contribution in [3.05, 3.63) is 28.8 Å². The van der Waals surface area contributed by atoms with Gasteiger partial charge in [-0.2, -0.15) is 0 Å². The Hall–Kier alpha value is -1.51. The van der Waals surface area contributed by atoms with Crippen molar-refractivity contribution >= 4 is 5.91 Å². The van der Waals surface area contributed by atoms with Gasteiger partial charge in [0, 0.05) is 12.5 Å². The fraction of sp³-hybridized carbons (Fsp3) is 0.562. The summed E-state index contributed by atoms with van der Waals surface area (Å²) in [5.74, 6) is 1.40. The molecule has 104 valence electrons. The zero-order valence-corrected chi connectivity index (χ0v) is 12.1. The van der Waals surface area contributed by atoms with E-state index in [1.54, 1.807) is 7.11 Å². The minimum absolute atomic E-state index is 0.217. The number of hydrogen-bond donors (Lipinski definition) is 1. The number of rotatable bonds is 5. The highest BCUT2D eigenvalue weighted by Crippen LogP contribution is 2.26. The maximum Gasteiger partial charge on any atom is 0.223 e. The van der Waals surface area contributed by atoms with E-state index in [4.69, 9.17) is 4.74 Å². The molecule has 1 fully saturated rings. The molecule has 0 aromatic heterocycles. The predicted octanol–water partition coefficient (Wildman–Crippen LogP) is 2.77. The molecular formula is C16H23NO2. The Kier molecular flexibility index (Phi) is 4.46. The molecule has 2 rings (SSSR count). The third-order valence-corrected chi connectivity index (χ3v) is 4.07. The Bertz CT molecular complexity index is 464. The van der Waals surface area contributed by atoms with E-state index in [0.717, 1.165) is 25.0 Å². The number of ether oxygens (including phenoxy) is 1. The number of methoxy groups -OCH3 is 1. The Balaban J connectivity index is 1.91. The fourth-order valence-corrected chi connectivity index (χ4v) is 2.37. The molecule has 1 saturated carbocycles. The minimum Gasteiger partial charge on any atom is -0.496 e. The van der Waals surface area contributed by atoms with Crippen molar-refractivity contribution in [3.8, 4) is 5.75 Å². The monoisotopic (exact) mass is 261 g/mol. The van der Waals surface area contributed by atoms with E-state index in [0.29, 0.717) is 6.54 Å². The van der Waals surface area contributed by atoms with Gasteiger partial charge < -0.3 is 10.1 Å². The second-order valence-corrected chi connectivity index (χ2v) is 5.42. The van der Waals surface area contributed by atoms with Gasteiger partial charge in [-0.1, -0.05) is 12.5 Å². The number of benzene rings is 1. The van der Waals surface area contributed by atoms with Crippen LogP contribution in [0.15, 0.2) is 12.1 Å². The summed E-state index contributed by atoms with van der Waals surface area (Å²) < 4.78 is 5.41. The van der Waals surface area contributed by atoms with E-state index in [1.165, 1.54) is 23.1 Å². The Morgan fingerprint density at radius 3 is 2.58 bits per heavy atom. The number of hydrogen-bond acceptors (Lipinski definition) is 2. The van der Waals surface area contributed by atoms with Gasteiger partial charge in [0.25, 0.3) is 0 Å². The SMILES string of the molecule is COc1cc(C)c(C)cc1CCNC(=O)C1CCC1. The second-order valence-electron chi connectivity index (χ2n) is 5.42. The maximum absolute atomic E-state index is 11.7. The third kappa shape index (κ3) is 3.28. The number of carbonyl (C=O) groups excluding carboxylic acids is 1. The summed E-state index contributed by atoms with van der Waals surface area (Å²) in [6.45, 7) is 4.87. The lowest BCUT2D eigenvalue weighted by molar-refractivity contribution is -0.127. The van der Waals surface area contributed by atoms with E-state index >= 15 is 0 Å². The maximum atomic E-state index is 11.7. The van der Waals surface area contributed by atoms with Gasteiger partial charge in [0.1, 0.15) is 5.75 Å². The van der Waals surface area contributed by atoms with Crippen LogP contribution in [0.5, 0.6) is 5.75 Å². The molecule has 1 N–H and O–H groups in total. The molecule has 0 bridgehead atoms. The molecule has 0 heterocycles. The zero-order chi connectivity index (χ0) is 13.8. The molecule has 0 saturated heterocycles. The van der Waals surface area contributed by atoms with Crippen molar-refractivity contribution < 1.29 is 9.53 Å². The van der Waals surface area contributed by atoms with Crippen LogP contribution in [0, 0.1) is 19.8 Å². The molecular weight excluding hydrogens is 238 g/mol. The lowest BCUT2D eigenvalue weighted by Gasteiger charge is -2.24. The first kappa shape index (κ1) is 13.9. The quantitative estimate of drug-likeness (QED) is 0.885. The lowest BCUT2D eigenvalue weighted by Crippen LogP contribution is -2.35. The van der Waals surface area contributed by atoms with Gasteiger partial charge in [0.05, 0.1) is 7.11 Å². The first-order chi connectivity index (χ1) is 9.11. The van der Waals surface area contributed by atoms with E-state index in [9.17, 15) is 4.79 Å². The van der Waals surface area contributed by atoms with Crippen LogP contribution in [0.1, 0.15) is 36.0 Å². The zero-order valence-electron chi connectivity index (χ0n) is 12.1. The number of amides is 1. The number of carbonyl (C=O) groups is 1. The first-order valence-electron chi connectivity index (χ1n) is 7.03. The van der Waals surface area contributed by atoms with Gasteiger partial charge in [-0.3, -0.25) is 4.79 Å². The highest BCUT2D eigenvalue weighted by molar-refractivity contribution is 5.79. The summed E-state index contributed by atoms with van der Waals surface area (Å²) in [5.41, 5.74) is 3.67. The fourth-order valence-electron chi connectivity index (χ4n) is 2.37. The minimum atomic E-state index is 0.217. The summed E-state index contributed by atoms with van der Waals surface area (Å²) in [6, 6.07) is 4.22.